The Labute approximate surface area is 141 Å². The largest absolute Gasteiger partial charge is 0.801 e. The second-order valence-corrected chi connectivity index (χ2v) is 7.13. The van der Waals surface area contributed by atoms with E-state index in [1.807, 2.05) is 0 Å². The molecular formula is C11H21O11PSi. The molecule has 0 atom stereocenters. The van der Waals surface area contributed by atoms with Crippen molar-refractivity contribution in [2.75, 3.05) is 13.2 Å². The van der Waals surface area contributed by atoms with Gasteiger partial charge >= 0.3 is 23.0 Å². The lowest BCUT2D eigenvalue weighted by Gasteiger charge is -2.39. The minimum Gasteiger partial charge on any atom is -0.451 e. The standard InChI is InChI=1S/C11H21O11PSi/c1-6-17-11(18-7-2,22-23(15)16)24(19-8(3)12,20-9(4)13)21-10(5)14/h15-16H,6-7H2,1-5H3. The van der Waals surface area contributed by atoms with Gasteiger partial charge in [0.05, 0.1) is 0 Å². The summed E-state index contributed by atoms with van der Waals surface area (Å²) in [6, 6.07) is 0. The van der Waals surface area contributed by atoms with Crippen LogP contribution in [0, 0.1) is 0 Å². The third-order valence-electron chi connectivity index (χ3n) is 2.08. The number of ether oxygens (including phenoxy) is 2. The molecule has 0 spiro atoms. The summed E-state index contributed by atoms with van der Waals surface area (Å²) in [5, 5.41) is 0. The predicted octanol–water partition coefficient (Wildman–Crippen LogP) is 0.109. The van der Waals surface area contributed by atoms with Crippen LogP contribution < -0.4 is 0 Å². The van der Waals surface area contributed by atoms with Gasteiger partial charge < -0.3 is 32.5 Å². The molecule has 0 aromatic heterocycles. The zero-order valence-corrected chi connectivity index (χ0v) is 15.8. The maximum Gasteiger partial charge on any atom is 0.801 e. The van der Waals surface area contributed by atoms with Crippen molar-refractivity contribution in [1.82, 2.24) is 0 Å². The molecule has 0 rings (SSSR count). The van der Waals surface area contributed by atoms with Gasteiger partial charge in [0.25, 0.3) is 17.9 Å². The van der Waals surface area contributed by atoms with E-state index < -0.39 is 40.9 Å². The fourth-order valence-electron chi connectivity index (χ4n) is 1.63. The Kier molecular flexibility index (Phi) is 9.51. The normalized spacial score (nSPS) is 12.0. The highest BCUT2D eigenvalue weighted by Gasteiger charge is 2.76. The molecule has 0 aliphatic rings. The Balaban J connectivity index is 6.38. The molecule has 11 nitrogen and oxygen atoms in total. The molecular weight excluding hydrogens is 367 g/mol. The van der Waals surface area contributed by atoms with Crippen molar-refractivity contribution in [1.29, 1.82) is 0 Å². The van der Waals surface area contributed by atoms with Crippen molar-refractivity contribution >= 4 is 35.3 Å². The van der Waals surface area contributed by atoms with Crippen LogP contribution in [0.25, 0.3) is 0 Å². The number of carbonyl (C=O) groups is 3. The van der Waals surface area contributed by atoms with E-state index in [0.29, 0.717) is 0 Å². The lowest BCUT2D eigenvalue weighted by Crippen LogP contribution is -2.70. The predicted molar refractivity (Wildman–Crippen MR) is 79.5 cm³/mol. The summed E-state index contributed by atoms with van der Waals surface area (Å²) >= 11 is 0. The first-order valence-electron chi connectivity index (χ1n) is 6.77. The lowest BCUT2D eigenvalue weighted by atomic mass is 10.8. The zero-order valence-electron chi connectivity index (χ0n) is 13.9. The number of carbonyl (C=O) groups excluding carboxylic acids is 3. The van der Waals surface area contributed by atoms with Gasteiger partial charge in [-0.3, -0.25) is 14.4 Å². The summed E-state index contributed by atoms with van der Waals surface area (Å²) in [5.74, 6) is -3.01. The molecule has 13 heteroatoms. The Morgan fingerprint density at radius 1 is 0.875 bits per heavy atom. The molecule has 2 N–H and O–H groups in total. The summed E-state index contributed by atoms with van der Waals surface area (Å²) in [5.41, 5.74) is -2.63. The molecule has 0 unspecified atom stereocenters. The van der Waals surface area contributed by atoms with Crippen molar-refractivity contribution in [3.63, 3.8) is 0 Å². The molecule has 0 aromatic carbocycles. The summed E-state index contributed by atoms with van der Waals surface area (Å²) in [6.07, 6.45) is 0. The van der Waals surface area contributed by atoms with Gasteiger partial charge in [-0.15, -0.1) is 0 Å². The van der Waals surface area contributed by atoms with Crippen LogP contribution in [0.5, 0.6) is 0 Å². The first-order valence-corrected chi connectivity index (χ1v) is 9.66. The first kappa shape index (κ1) is 22.9. The van der Waals surface area contributed by atoms with Crippen molar-refractivity contribution in [3.05, 3.63) is 0 Å². The molecule has 0 amide bonds. The van der Waals surface area contributed by atoms with Crippen molar-refractivity contribution < 1.29 is 51.4 Å². The van der Waals surface area contributed by atoms with Gasteiger partial charge in [0.1, 0.15) is 0 Å². The number of hydrogen-bond donors (Lipinski definition) is 2. The van der Waals surface area contributed by atoms with Crippen LogP contribution in [-0.2, 0) is 41.7 Å². The van der Waals surface area contributed by atoms with E-state index in [1.54, 1.807) is 0 Å². The monoisotopic (exact) mass is 388 g/mol. The topological polar surface area (TPSA) is 147 Å². The average molecular weight is 388 g/mol. The molecule has 0 aromatic rings. The highest BCUT2D eigenvalue weighted by molar-refractivity contribution is 7.39. The van der Waals surface area contributed by atoms with Crippen LogP contribution in [0.2, 0.25) is 0 Å². The maximum atomic E-state index is 11.5. The van der Waals surface area contributed by atoms with Crippen LogP contribution in [0.15, 0.2) is 0 Å². The molecule has 0 fully saturated rings. The van der Waals surface area contributed by atoms with Crippen molar-refractivity contribution in [3.8, 4) is 0 Å². The van der Waals surface area contributed by atoms with Gasteiger partial charge in [-0.1, -0.05) is 0 Å². The smallest absolute Gasteiger partial charge is 0.451 e. The molecule has 0 radical (unpaired) electrons. The molecule has 0 bridgehead atoms. The van der Waals surface area contributed by atoms with Crippen LogP contribution in [0.3, 0.4) is 0 Å². The SMILES string of the molecule is CCOC(OCC)(OP(O)O)[Si](OC(C)=O)(OC(C)=O)OC(C)=O. The third-order valence-corrected chi connectivity index (χ3v) is 5.46. The van der Waals surface area contributed by atoms with Crippen molar-refractivity contribution in [2.24, 2.45) is 0 Å². The fourth-order valence-corrected chi connectivity index (χ4v) is 4.92. The second kappa shape index (κ2) is 9.99. The highest BCUT2D eigenvalue weighted by atomic mass is 31.2. The Morgan fingerprint density at radius 2 is 1.21 bits per heavy atom. The molecule has 0 heterocycles. The summed E-state index contributed by atoms with van der Waals surface area (Å²) in [4.78, 5) is 53.0. The zero-order chi connectivity index (χ0) is 19.0. The summed E-state index contributed by atoms with van der Waals surface area (Å²) < 4.78 is 30.2. The van der Waals surface area contributed by atoms with Crippen molar-refractivity contribution in [2.45, 2.75) is 40.2 Å². The Bertz CT molecular complexity index is 408. The third kappa shape index (κ3) is 6.40. The van der Waals surface area contributed by atoms with E-state index in [2.05, 4.69) is 0 Å². The number of rotatable bonds is 10. The van der Waals surface area contributed by atoms with E-state index in [-0.39, 0.29) is 13.2 Å². The molecule has 24 heavy (non-hydrogen) atoms. The Hall–Kier alpha value is -1.14. The van der Waals surface area contributed by atoms with Crippen LogP contribution in [-0.4, -0.2) is 55.3 Å². The van der Waals surface area contributed by atoms with E-state index >= 15 is 0 Å². The lowest BCUT2D eigenvalue weighted by molar-refractivity contribution is -0.317. The van der Waals surface area contributed by atoms with Gasteiger partial charge in [-0.05, 0) is 13.8 Å². The van der Waals surface area contributed by atoms with Crippen LogP contribution >= 0.6 is 8.60 Å². The molecule has 0 saturated heterocycles. The summed E-state index contributed by atoms with van der Waals surface area (Å²) in [7, 11) is -8.03. The van der Waals surface area contributed by atoms with E-state index in [0.717, 1.165) is 20.8 Å². The van der Waals surface area contributed by atoms with E-state index in [4.69, 9.17) is 27.3 Å². The van der Waals surface area contributed by atoms with Gasteiger partial charge in [0.2, 0.25) is 0 Å². The average Bonchev–Trinajstić information content (AvgIpc) is 2.35. The Morgan fingerprint density at radius 3 is 1.42 bits per heavy atom. The minimum absolute atomic E-state index is 0.165. The quantitative estimate of drug-likeness (QED) is 0.298. The van der Waals surface area contributed by atoms with E-state index in [9.17, 15) is 24.2 Å². The van der Waals surface area contributed by atoms with E-state index in [1.165, 1.54) is 13.8 Å². The molecule has 0 aliphatic carbocycles. The minimum atomic E-state index is -4.89. The summed E-state index contributed by atoms with van der Waals surface area (Å²) in [6.45, 7) is 5.49. The van der Waals surface area contributed by atoms with Gasteiger partial charge in [0.15, 0.2) is 0 Å². The molecule has 140 valence electrons. The van der Waals surface area contributed by atoms with Gasteiger partial charge in [0, 0.05) is 34.0 Å². The van der Waals surface area contributed by atoms with Gasteiger partial charge in [-0.25, -0.2) is 4.52 Å². The molecule has 0 aliphatic heterocycles. The fraction of sp³-hybridized carbons (Fsp3) is 0.727. The first-order chi connectivity index (χ1) is 11.0. The van der Waals surface area contributed by atoms with Gasteiger partial charge in [-0.2, -0.15) is 0 Å². The number of hydrogen-bond acceptors (Lipinski definition) is 11. The second-order valence-electron chi connectivity index (χ2n) is 4.10. The molecule has 0 saturated carbocycles. The maximum absolute atomic E-state index is 11.5. The van der Waals surface area contributed by atoms with Crippen LogP contribution in [0.1, 0.15) is 34.6 Å². The van der Waals surface area contributed by atoms with Crippen LogP contribution in [0.4, 0.5) is 0 Å². The highest BCUT2D eigenvalue weighted by Crippen LogP contribution is 2.41.